The third kappa shape index (κ3) is 1.53. The Hall–Kier alpha value is -2.10. The lowest BCUT2D eigenvalue weighted by molar-refractivity contribution is -0.160. The topological polar surface area (TPSA) is 66.4 Å². The fraction of sp³-hybridized carbons (Fsp3) is 0.286. The van der Waals surface area contributed by atoms with Gasteiger partial charge < -0.3 is 10.4 Å². The molecular formula is C14H13NO3. The van der Waals surface area contributed by atoms with Crippen LogP contribution >= 0.6 is 0 Å². The lowest BCUT2D eigenvalue weighted by Gasteiger charge is -2.51. The van der Waals surface area contributed by atoms with Crippen molar-refractivity contribution in [2.45, 2.75) is 0 Å². The van der Waals surface area contributed by atoms with Gasteiger partial charge in [0.15, 0.2) is 0 Å². The van der Waals surface area contributed by atoms with Gasteiger partial charge in [-0.2, -0.15) is 0 Å². The minimum atomic E-state index is -0.881. The molecule has 18 heavy (non-hydrogen) atoms. The number of rotatable bonds is 3. The fourth-order valence-corrected chi connectivity index (χ4v) is 2.82. The van der Waals surface area contributed by atoms with Gasteiger partial charge in [0.25, 0.3) is 0 Å². The smallest absolute Gasteiger partial charge is 0.307 e. The third-order valence-corrected chi connectivity index (χ3v) is 3.85. The summed E-state index contributed by atoms with van der Waals surface area (Å²) in [6, 6.07) is 9.11. The molecule has 2 aliphatic rings. The van der Waals surface area contributed by atoms with Gasteiger partial charge >= 0.3 is 5.97 Å². The van der Waals surface area contributed by atoms with E-state index in [9.17, 15) is 9.59 Å². The molecule has 0 spiro atoms. The number of hydrogen-bond acceptors (Lipinski definition) is 2. The maximum atomic E-state index is 12.1. The van der Waals surface area contributed by atoms with E-state index < -0.39 is 17.8 Å². The molecule has 0 heterocycles. The first-order chi connectivity index (χ1) is 8.68. The number of carboxylic acid groups (broad SMARTS) is 1. The SMILES string of the molecule is O=C(O)[C@H]1[C@H]2C=CC2[C@@H]1C(=O)Nc1ccccc1. The summed E-state index contributed by atoms with van der Waals surface area (Å²) in [5, 5.41) is 11.9. The van der Waals surface area contributed by atoms with E-state index in [1.165, 1.54) is 0 Å². The number of aliphatic carboxylic acids is 1. The van der Waals surface area contributed by atoms with E-state index in [1.54, 1.807) is 12.1 Å². The van der Waals surface area contributed by atoms with Gasteiger partial charge in [-0.25, -0.2) is 0 Å². The zero-order chi connectivity index (χ0) is 12.7. The van der Waals surface area contributed by atoms with E-state index in [1.807, 2.05) is 30.4 Å². The second-order valence-electron chi connectivity index (χ2n) is 4.78. The van der Waals surface area contributed by atoms with Crippen LogP contribution in [-0.2, 0) is 9.59 Å². The molecule has 2 N–H and O–H groups in total. The van der Waals surface area contributed by atoms with Crippen LogP contribution in [0.25, 0.3) is 0 Å². The van der Waals surface area contributed by atoms with Crippen molar-refractivity contribution in [2.24, 2.45) is 23.7 Å². The molecule has 2 aliphatic carbocycles. The van der Waals surface area contributed by atoms with Crippen LogP contribution in [0.15, 0.2) is 42.5 Å². The zero-order valence-corrected chi connectivity index (χ0v) is 9.61. The van der Waals surface area contributed by atoms with Crippen molar-refractivity contribution in [1.29, 1.82) is 0 Å². The van der Waals surface area contributed by atoms with Crippen LogP contribution in [0.4, 0.5) is 5.69 Å². The monoisotopic (exact) mass is 243 g/mol. The van der Waals surface area contributed by atoms with Crippen LogP contribution in [0.1, 0.15) is 0 Å². The van der Waals surface area contributed by atoms with Gasteiger partial charge in [0.2, 0.25) is 5.91 Å². The van der Waals surface area contributed by atoms with Crippen molar-refractivity contribution >= 4 is 17.6 Å². The highest BCUT2D eigenvalue weighted by Crippen LogP contribution is 2.53. The normalized spacial score (nSPS) is 31.8. The first kappa shape index (κ1) is 11.0. The number of carboxylic acids is 1. The second kappa shape index (κ2) is 3.98. The van der Waals surface area contributed by atoms with Gasteiger partial charge in [-0.3, -0.25) is 9.59 Å². The predicted octanol–water partition coefficient (Wildman–Crippen LogP) is 1.76. The molecule has 4 heteroatoms. The van der Waals surface area contributed by atoms with Gasteiger partial charge in [0.05, 0.1) is 11.8 Å². The molecule has 4 nitrogen and oxygen atoms in total. The Kier molecular flexibility index (Phi) is 2.44. The lowest BCUT2D eigenvalue weighted by Crippen LogP contribution is -2.57. The molecule has 0 saturated heterocycles. The Labute approximate surface area is 104 Å². The number of amides is 1. The molecule has 1 unspecified atom stereocenters. The summed E-state index contributed by atoms with van der Waals surface area (Å²) in [5.41, 5.74) is 0.707. The second-order valence-corrected chi connectivity index (χ2v) is 4.78. The van der Waals surface area contributed by atoms with E-state index in [0.717, 1.165) is 0 Å². The summed E-state index contributed by atoms with van der Waals surface area (Å²) in [4.78, 5) is 23.2. The molecule has 0 aliphatic heterocycles. The van der Waals surface area contributed by atoms with E-state index in [0.29, 0.717) is 5.69 Å². The number of anilines is 1. The van der Waals surface area contributed by atoms with Crippen molar-refractivity contribution in [2.75, 3.05) is 5.32 Å². The largest absolute Gasteiger partial charge is 0.481 e. The van der Waals surface area contributed by atoms with E-state index in [4.69, 9.17) is 5.11 Å². The van der Waals surface area contributed by atoms with Crippen molar-refractivity contribution in [3.05, 3.63) is 42.5 Å². The highest BCUT2D eigenvalue weighted by Gasteiger charge is 2.58. The van der Waals surface area contributed by atoms with Crippen molar-refractivity contribution in [1.82, 2.24) is 0 Å². The number of carbonyl (C=O) groups is 2. The predicted molar refractivity (Wildman–Crippen MR) is 65.8 cm³/mol. The highest BCUT2D eigenvalue weighted by atomic mass is 16.4. The van der Waals surface area contributed by atoms with E-state index in [2.05, 4.69) is 5.32 Å². The van der Waals surface area contributed by atoms with Crippen LogP contribution in [0, 0.1) is 23.7 Å². The standard InChI is InChI=1S/C14H13NO3/c16-13(15-8-4-2-1-3-5-8)11-9-6-7-10(9)12(11)14(17)18/h1-7,9-12H,(H,15,16)(H,17,18)/t9?,10-,11-,12-/m0/s1. The number of nitrogens with one attached hydrogen (secondary N) is 1. The molecule has 3 rings (SSSR count). The zero-order valence-electron chi connectivity index (χ0n) is 9.61. The average molecular weight is 243 g/mol. The molecule has 1 saturated carbocycles. The molecule has 1 aromatic rings. The van der Waals surface area contributed by atoms with Crippen molar-refractivity contribution < 1.29 is 14.7 Å². The highest BCUT2D eigenvalue weighted by molar-refractivity contribution is 5.97. The number of hydrogen-bond donors (Lipinski definition) is 2. The molecule has 0 aromatic heterocycles. The summed E-state index contributed by atoms with van der Waals surface area (Å²) < 4.78 is 0. The number of allylic oxidation sites excluding steroid dienone is 2. The van der Waals surface area contributed by atoms with Crippen LogP contribution in [-0.4, -0.2) is 17.0 Å². The summed E-state index contributed by atoms with van der Waals surface area (Å²) in [6.07, 6.45) is 3.81. The number of fused-ring (bicyclic) bond motifs is 1. The Bertz CT molecular complexity index is 523. The Morgan fingerprint density at radius 2 is 1.61 bits per heavy atom. The molecule has 92 valence electrons. The minimum Gasteiger partial charge on any atom is -0.481 e. The molecule has 0 radical (unpaired) electrons. The van der Waals surface area contributed by atoms with Gasteiger partial charge in [-0.15, -0.1) is 0 Å². The maximum absolute atomic E-state index is 12.1. The van der Waals surface area contributed by atoms with Crippen molar-refractivity contribution in [3.8, 4) is 0 Å². The number of benzene rings is 1. The Balaban J connectivity index is 1.73. The number of carbonyl (C=O) groups excluding carboxylic acids is 1. The average Bonchev–Trinajstić information content (AvgIpc) is 2.32. The first-order valence-electron chi connectivity index (χ1n) is 5.95. The first-order valence-corrected chi connectivity index (χ1v) is 5.95. The van der Waals surface area contributed by atoms with Gasteiger partial charge in [-0.1, -0.05) is 30.4 Å². The van der Waals surface area contributed by atoms with Gasteiger partial charge in [0.1, 0.15) is 0 Å². The van der Waals surface area contributed by atoms with Crippen LogP contribution in [0.5, 0.6) is 0 Å². The molecular weight excluding hydrogens is 230 g/mol. The third-order valence-electron chi connectivity index (χ3n) is 3.85. The van der Waals surface area contributed by atoms with Crippen molar-refractivity contribution in [3.63, 3.8) is 0 Å². The molecule has 1 fully saturated rings. The van der Waals surface area contributed by atoms with E-state index in [-0.39, 0.29) is 17.7 Å². The van der Waals surface area contributed by atoms with Gasteiger partial charge in [-0.05, 0) is 24.0 Å². The fourth-order valence-electron chi connectivity index (χ4n) is 2.82. The molecule has 1 aromatic carbocycles. The number of para-hydroxylation sites is 1. The maximum Gasteiger partial charge on any atom is 0.307 e. The van der Waals surface area contributed by atoms with E-state index >= 15 is 0 Å². The van der Waals surface area contributed by atoms with Gasteiger partial charge in [0, 0.05) is 5.69 Å². The van der Waals surface area contributed by atoms with Crippen LogP contribution in [0.3, 0.4) is 0 Å². The molecule has 0 bridgehead atoms. The van der Waals surface area contributed by atoms with Crippen LogP contribution in [0.2, 0.25) is 0 Å². The summed E-state index contributed by atoms with van der Waals surface area (Å²) in [7, 11) is 0. The summed E-state index contributed by atoms with van der Waals surface area (Å²) in [5.74, 6) is -1.92. The molecule has 4 atom stereocenters. The summed E-state index contributed by atoms with van der Waals surface area (Å²) in [6.45, 7) is 0. The Morgan fingerprint density at radius 1 is 1.00 bits per heavy atom. The Morgan fingerprint density at radius 3 is 2.17 bits per heavy atom. The quantitative estimate of drug-likeness (QED) is 0.795. The molecule has 1 amide bonds. The van der Waals surface area contributed by atoms with Crippen LogP contribution < -0.4 is 5.32 Å². The minimum absolute atomic E-state index is 0.0500. The summed E-state index contributed by atoms with van der Waals surface area (Å²) >= 11 is 0. The lowest BCUT2D eigenvalue weighted by atomic mass is 9.51.